The number of para-hydroxylation sites is 1. The van der Waals surface area contributed by atoms with Gasteiger partial charge in [-0.2, -0.15) is 5.10 Å². The summed E-state index contributed by atoms with van der Waals surface area (Å²) in [6.07, 6.45) is 3.15. The van der Waals surface area contributed by atoms with Crippen LogP contribution in [0.15, 0.2) is 35.9 Å². The van der Waals surface area contributed by atoms with Crippen LogP contribution in [0.25, 0.3) is 10.9 Å². The number of rotatable bonds is 2. The zero-order chi connectivity index (χ0) is 19.7. The maximum absolute atomic E-state index is 13.1. The lowest BCUT2D eigenvalue weighted by Crippen LogP contribution is -2.58. The molecule has 3 heterocycles. The van der Waals surface area contributed by atoms with Crippen LogP contribution in [0, 0.1) is 0 Å². The number of nitrogens with one attached hydrogen (secondary N) is 1. The van der Waals surface area contributed by atoms with Crippen molar-refractivity contribution in [2.75, 3.05) is 32.8 Å². The van der Waals surface area contributed by atoms with Crippen LogP contribution in [-0.4, -0.2) is 70.2 Å². The SMILES string of the molecule is CC(C)=CC(=O)N1CCC2(CC1)CN(C(=O)c1n[nH]c3ccccc13)CCO2. The van der Waals surface area contributed by atoms with Gasteiger partial charge in [0.05, 0.1) is 24.3 Å². The van der Waals surface area contributed by atoms with E-state index < -0.39 is 0 Å². The molecule has 148 valence electrons. The summed E-state index contributed by atoms with van der Waals surface area (Å²) >= 11 is 0. The van der Waals surface area contributed by atoms with Crippen LogP contribution in [0.5, 0.6) is 0 Å². The van der Waals surface area contributed by atoms with Gasteiger partial charge in [-0.3, -0.25) is 14.7 Å². The number of likely N-dealkylation sites (tertiary alicyclic amines) is 1. The first-order valence-corrected chi connectivity index (χ1v) is 9.78. The number of ether oxygens (including phenoxy) is 1. The van der Waals surface area contributed by atoms with Crippen molar-refractivity contribution in [1.82, 2.24) is 20.0 Å². The van der Waals surface area contributed by atoms with E-state index in [4.69, 9.17) is 4.74 Å². The summed E-state index contributed by atoms with van der Waals surface area (Å²) in [6.45, 7) is 6.76. The van der Waals surface area contributed by atoms with Gasteiger partial charge in [0.1, 0.15) is 0 Å². The first kappa shape index (κ1) is 18.7. The molecule has 1 N–H and O–H groups in total. The van der Waals surface area contributed by atoms with E-state index in [-0.39, 0.29) is 17.4 Å². The number of hydrogen-bond donors (Lipinski definition) is 1. The number of carbonyl (C=O) groups excluding carboxylic acids is 2. The van der Waals surface area contributed by atoms with Gasteiger partial charge >= 0.3 is 0 Å². The van der Waals surface area contributed by atoms with Crippen LogP contribution in [-0.2, 0) is 9.53 Å². The Morgan fingerprint density at radius 3 is 2.64 bits per heavy atom. The fourth-order valence-corrected chi connectivity index (χ4v) is 4.07. The summed E-state index contributed by atoms with van der Waals surface area (Å²) in [7, 11) is 0. The second-order valence-electron chi connectivity index (χ2n) is 7.92. The quantitative estimate of drug-likeness (QED) is 0.809. The predicted molar refractivity (Wildman–Crippen MR) is 106 cm³/mol. The highest BCUT2D eigenvalue weighted by Gasteiger charge is 2.42. The molecule has 2 aliphatic rings. The van der Waals surface area contributed by atoms with Crippen molar-refractivity contribution in [2.45, 2.75) is 32.3 Å². The molecule has 28 heavy (non-hydrogen) atoms. The topological polar surface area (TPSA) is 78.5 Å². The van der Waals surface area contributed by atoms with Crippen molar-refractivity contribution in [2.24, 2.45) is 0 Å². The van der Waals surface area contributed by atoms with Crippen molar-refractivity contribution in [3.63, 3.8) is 0 Å². The van der Waals surface area contributed by atoms with Crippen LogP contribution >= 0.6 is 0 Å². The van der Waals surface area contributed by atoms with Gasteiger partial charge in [-0.1, -0.05) is 23.8 Å². The van der Waals surface area contributed by atoms with Gasteiger partial charge in [0.15, 0.2) is 5.69 Å². The van der Waals surface area contributed by atoms with Crippen LogP contribution in [0.3, 0.4) is 0 Å². The second-order valence-corrected chi connectivity index (χ2v) is 7.92. The molecule has 4 rings (SSSR count). The number of piperidine rings is 1. The Kier molecular flexibility index (Phi) is 4.93. The maximum atomic E-state index is 13.1. The standard InChI is InChI=1S/C21H26N4O3/c1-15(2)13-18(26)24-9-7-21(8-10-24)14-25(11-12-28-21)20(27)19-16-5-3-4-6-17(16)22-23-19/h3-6,13H,7-12,14H2,1-2H3,(H,22,23). The number of H-pyrrole nitrogens is 1. The molecular formula is C21H26N4O3. The van der Waals surface area contributed by atoms with Crippen molar-refractivity contribution in [3.05, 3.63) is 41.6 Å². The average molecular weight is 382 g/mol. The highest BCUT2D eigenvalue weighted by atomic mass is 16.5. The van der Waals surface area contributed by atoms with Gasteiger partial charge in [-0.15, -0.1) is 0 Å². The average Bonchev–Trinajstić information content (AvgIpc) is 3.11. The van der Waals surface area contributed by atoms with Gasteiger partial charge in [0.25, 0.3) is 5.91 Å². The Hall–Kier alpha value is -2.67. The van der Waals surface area contributed by atoms with E-state index in [9.17, 15) is 9.59 Å². The molecule has 1 spiro atoms. The third-order valence-corrected chi connectivity index (χ3v) is 5.61. The molecule has 0 aliphatic carbocycles. The van der Waals surface area contributed by atoms with E-state index in [1.807, 2.05) is 47.9 Å². The predicted octanol–water partition coefficient (Wildman–Crippen LogP) is 2.36. The number of aromatic nitrogens is 2. The number of fused-ring (bicyclic) bond motifs is 1. The van der Waals surface area contributed by atoms with Gasteiger partial charge < -0.3 is 14.5 Å². The molecular weight excluding hydrogens is 356 g/mol. The maximum Gasteiger partial charge on any atom is 0.275 e. The highest BCUT2D eigenvalue weighted by Crippen LogP contribution is 2.31. The van der Waals surface area contributed by atoms with Gasteiger partial charge in [0.2, 0.25) is 5.91 Å². The Balaban J connectivity index is 1.46. The third-order valence-electron chi connectivity index (χ3n) is 5.61. The lowest BCUT2D eigenvalue weighted by Gasteiger charge is -2.47. The molecule has 2 aliphatic heterocycles. The number of aromatic amines is 1. The minimum absolute atomic E-state index is 0.0570. The minimum Gasteiger partial charge on any atom is -0.371 e. The van der Waals surface area contributed by atoms with E-state index >= 15 is 0 Å². The fourth-order valence-electron chi connectivity index (χ4n) is 4.07. The summed E-state index contributed by atoms with van der Waals surface area (Å²) in [4.78, 5) is 29.1. The lowest BCUT2D eigenvalue weighted by molar-refractivity contribution is -0.143. The van der Waals surface area contributed by atoms with Gasteiger partial charge in [-0.25, -0.2) is 0 Å². The second kappa shape index (κ2) is 7.39. The molecule has 1 aromatic carbocycles. The number of benzene rings is 1. The summed E-state index contributed by atoms with van der Waals surface area (Å²) in [5.41, 5.74) is 1.95. The molecule has 2 fully saturated rings. The van der Waals surface area contributed by atoms with Crippen LogP contribution in [0.1, 0.15) is 37.2 Å². The van der Waals surface area contributed by atoms with Crippen molar-refractivity contribution < 1.29 is 14.3 Å². The number of amides is 2. The molecule has 0 atom stereocenters. The van der Waals surface area contributed by atoms with E-state index in [0.29, 0.717) is 38.5 Å². The Morgan fingerprint density at radius 1 is 1.14 bits per heavy atom. The van der Waals surface area contributed by atoms with E-state index in [0.717, 1.165) is 29.3 Å². The number of carbonyl (C=O) groups is 2. The summed E-state index contributed by atoms with van der Waals surface area (Å²) in [5, 5.41) is 8.03. The molecule has 0 unspecified atom stereocenters. The van der Waals surface area contributed by atoms with Crippen LogP contribution in [0.4, 0.5) is 0 Å². The number of allylic oxidation sites excluding steroid dienone is 1. The van der Waals surface area contributed by atoms with Crippen molar-refractivity contribution >= 4 is 22.7 Å². The summed E-state index contributed by atoms with van der Waals surface area (Å²) < 4.78 is 6.13. The zero-order valence-electron chi connectivity index (χ0n) is 16.4. The smallest absolute Gasteiger partial charge is 0.275 e. The molecule has 0 saturated carbocycles. The lowest BCUT2D eigenvalue weighted by atomic mass is 9.89. The van der Waals surface area contributed by atoms with E-state index in [2.05, 4.69) is 10.2 Å². The Labute approximate surface area is 164 Å². The van der Waals surface area contributed by atoms with Gasteiger partial charge in [-0.05, 0) is 32.8 Å². The first-order chi connectivity index (χ1) is 13.5. The third kappa shape index (κ3) is 3.54. The molecule has 1 aromatic heterocycles. The fraction of sp³-hybridized carbons (Fsp3) is 0.476. The zero-order valence-corrected chi connectivity index (χ0v) is 16.4. The number of nitrogens with zero attached hydrogens (tertiary/aromatic N) is 3. The minimum atomic E-state index is -0.373. The molecule has 0 radical (unpaired) electrons. The van der Waals surface area contributed by atoms with Crippen molar-refractivity contribution in [3.8, 4) is 0 Å². The highest BCUT2D eigenvalue weighted by molar-refractivity contribution is 6.04. The van der Waals surface area contributed by atoms with Crippen molar-refractivity contribution in [1.29, 1.82) is 0 Å². The van der Waals surface area contributed by atoms with E-state index in [1.54, 1.807) is 6.08 Å². The molecule has 7 heteroatoms. The molecule has 7 nitrogen and oxygen atoms in total. The monoisotopic (exact) mass is 382 g/mol. The van der Waals surface area contributed by atoms with Crippen LogP contribution < -0.4 is 0 Å². The van der Waals surface area contributed by atoms with Crippen LogP contribution in [0.2, 0.25) is 0 Å². The molecule has 0 bridgehead atoms. The van der Waals surface area contributed by atoms with E-state index in [1.165, 1.54) is 0 Å². The van der Waals surface area contributed by atoms with Gasteiger partial charge in [0, 0.05) is 31.1 Å². The number of morpholine rings is 1. The Morgan fingerprint density at radius 2 is 1.89 bits per heavy atom. The summed E-state index contributed by atoms with van der Waals surface area (Å²) in [5.74, 6) is -0.00948. The summed E-state index contributed by atoms with van der Waals surface area (Å²) in [6, 6.07) is 7.66. The molecule has 2 saturated heterocycles. The first-order valence-electron chi connectivity index (χ1n) is 9.78. The number of hydrogen-bond acceptors (Lipinski definition) is 4. The molecule has 2 amide bonds. The normalized spacial score (nSPS) is 19.1. The largest absolute Gasteiger partial charge is 0.371 e. The Bertz CT molecular complexity index is 921. The molecule has 2 aromatic rings.